The van der Waals surface area contributed by atoms with E-state index in [0.717, 1.165) is 36.3 Å². The quantitative estimate of drug-likeness (QED) is 0.918. The van der Waals surface area contributed by atoms with Crippen molar-refractivity contribution in [2.75, 3.05) is 0 Å². The number of aromatic carboxylic acids is 1. The second-order valence-electron chi connectivity index (χ2n) is 7.80. The number of rotatable bonds is 3. The first kappa shape index (κ1) is 12.2. The average Bonchev–Trinajstić information content (AvgIpc) is 3.17. The molecule has 21 heavy (non-hydrogen) atoms. The van der Waals surface area contributed by atoms with Gasteiger partial charge in [-0.25, -0.2) is 9.78 Å². The van der Waals surface area contributed by atoms with E-state index in [-0.39, 0.29) is 5.76 Å². The van der Waals surface area contributed by atoms with Gasteiger partial charge in [-0.05, 0) is 68.6 Å². The lowest BCUT2D eigenvalue weighted by Gasteiger charge is -2.53. The van der Waals surface area contributed by atoms with Crippen molar-refractivity contribution in [3.63, 3.8) is 0 Å². The molecule has 0 amide bonds. The molecular weight excluding hydrogens is 266 g/mol. The highest BCUT2D eigenvalue weighted by molar-refractivity contribution is 5.86. The summed E-state index contributed by atoms with van der Waals surface area (Å²) in [6, 6.07) is 0. The molecule has 6 rings (SSSR count). The Kier molecular flexibility index (Phi) is 2.40. The topological polar surface area (TPSA) is 63.3 Å². The molecule has 0 unspecified atom stereocenters. The first-order valence-corrected chi connectivity index (χ1v) is 8.43. The van der Waals surface area contributed by atoms with E-state index >= 15 is 0 Å². The lowest BCUT2D eigenvalue weighted by Crippen LogP contribution is -2.43. The molecule has 1 aromatic heterocycles. The summed E-state index contributed by atoms with van der Waals surface area (Å²) in [5.41, 5.74) is 0.728. The maximum Gasteiger partial charge on any atom is 0.373 e. The molecular formula is C17H21NO3. The van der Waals surface area contributed by atoms with Crippen LogP contribution in [0.4, 0.5) is 0 Å². The molecule has 4 heteroatoms. The van der Waals surface area contributed by atoms with E-state index in [1.807, 2.05) is 0 Å². The molecule has 5 aliphatic rings. The van der Waals surface area contributed by atoms with Crippen LogP contribution in [0.1, 0.15) is 78.9 Å². The fourth-order valence-electron chi connectivity index (χ4n) is 5.61. The zero-order chi connectivity index (χ0) is 14.1. The molecule has 4 nitrogen and oxygen atoms in total. The number of oxazole rings is 1. The van der Waals surface area contributed by atoms with Gasteiger partial charge in [0.2, 0.25) is 5.76 Å². The van der Waals surface area contributed by atoms with Gasteiger partial charge in [0, 0.05) is 11.8 Å². The van der Waals surface area contributed by atoms with Crippen LogP contribution in [0, 0.1) is 23.7 Å². The van der Waals surface area contributed by atoms with Crippen molar-refractivity contribution in [1.29, 1.82) is 0 Å². The number of aromatic nitrogens is 1. The van der Waals surface area contributed by atoms with E-state index in [9.17, 15) is 9.90 Å². The van der Waals surface area contributed by atoms with E-state index in [2.05, 4.69) is 0 Å². The Labute approximate surface area is 123 Å². The van der Waals surface area contributed by atoms with Crippen molar-refractivity contribution >= 4 is 5.97 Å². The van der Waals surface area contributed by atoms with Crippen LogP contribution < -0.4 is 0 Å². The van der Waals surface area contributed by atoms with Gasteiger partial charge < -0.3 is 9.52 Å². The summed E-state index contributed by atoms with van der Waals surface area (Å²) >= 11 is 0. The van der Waals surface area contributed by atoms with E-state index in [4.69, 9.17) is 9.40 Å². The van der Waals surface area contributed by atoms with Crippen LogP contribution in [0.3, 0.4) is 0 Å². The smallest absolute Gasteiger partial charge is 0.373 e. The highest BCUT2D eigenvalue weighted by atomic mass is 16.4. The first-order chi connectivity index (χ1) is 10.2. The minimum absolute atomic E-state index is 0.126. The van der Waals surface area contributed by atoms with Gasteiger partial charge >= 0.3 is 5.97 Å². The van der Waals surface area contributed by atoms with Crippen LogP contribution in [0.15, 0.2) is 4.42 Å². The molecule has 5 saturated carbocycles. The van der Waals surface area contributed by atoms with Gasteiger partial charge in [0.05, 0.1) is 5.69 Å². The molecule has 4 bridgehead atoms. The third-order valence-electron chi connectivity index (χ3n) is 6.34. The lowest BCUT2D eigenvalue weighted by atomic mass is 9.52. The van der Waals surface area contributed by atoms with Crippen LogP contribution in [-0.2, 0) is 0 Å². The van der Waals surface area contributed by atoms with Crippen LogP contribution in [0.5, 0.6) is 0 Å². The summed E-state index contributed by atoms with van der Waals surface area (Å²) in [5, 5.41) is 9.37. The molecule has 112 valence electrons. The Bertz CT molecular complexity index is 573. The van der Waals surface area contributed by atoms with Gasteiger partial charge in [0.15, 0.2) is 5.89 Å². The fourth-order valence-corrected chi connectivity index (χ4v) is 5.61. The maximum atomic E-state index is 11.4. The number of hydrogen-bond acceptors (Lipinski definition) is 3. The Hall–Kier alpha value is -1.32. The van der Waals surface area contributed by atoms with E-state index < -0.39 is 5.97 Å². The zero-order valence-corrected chi connectivity index (χ0v) is 12.1. The summed E-state index contributed by atoms with van der Waals surface area (Å²) in [6.07, 6.45) is 8.78. The molecule has 1 heterocycles. The zero-order valence-electron chi connectivity index (χ0n) is 12.1. The lowest BCUT2D eigenvalue weighted by molar-refractivity contribution is -0.0119. The maximum absolute atomic E-state index is 11.4. The Balaban J connectivity index is 1.52. The van der Waals surface area contributed by atoms with Crippen LogP contribution in [-0.4, -0.2) is 16.1 Å². The fraction of sp³-hybridized carbons (Fsp3) is 0.765. The monoisotopic (exact) mass is 287 g/mol. The minimum atomic E-state index is -0.945. The second kappa shape index (κ2) is 4.11. The van der Waals surface area contributed by atoms with Gasteiger partial charge in [-0.1, -0.05) is 0 Å². The van der Waals surface area contributed by atoms with Gasteiger partial charge in [-0.15, -0.1) is 0 Å². The molecule has 0 saturated heterocycles. The molecule has 0 aliphatic heterocycles. The SMILES string of the molecule is O=C(O)c1oc(C2C3CC4CC(C3)CC2C4)nc1C1CC1. The normalized spacial score (nSPS) is 40.7. The van der Waals surface area contributed by atoms with Gasteiger partial charge in [0.1, 0.15) is 0 Å². The van der Waals surface area contributed by atoms with E-state index in [0.29, 0.717) is 23.7 Å². The molecule has 1 aromatic rings. The molecule has 0 aromatic carbocycles. The number of carboxylic acid groups (broad SMARTS) is 1. The number of nitrogens with zero attached hydrogens (tertiary/aromatic N) is 1. The van der Waals surface area contributed by atoms with Gasteiger partial charge in [-0.3, -0.25) is 0 Å². The Morgan fingerprint density at radius 1 is 1.05 bits per heavy atom. The predicted molar refractivity (Wildman–Crippen MR) is 75.2 cm³/mol. The highest BCUT2D eigenvalue weighted by Crippen LogP contribution is 2.60. The number of carboxylic acids is 1. The van der Waals surface area contributed by atoms with Crippen molar-refractivity contribution < 1.29 is 14.3 Å². The summed E-state index contributed by atoms with van der Waals surface area (Å²) in [5.74, 6) is 3.88. The third kappa shape index (κ3) is 1.80. The molecule has 5 fully saturated rings. The Morgan fingerprint density at radius 3 is 2.19 bits per heavy atom. The molecule has 0 radical (unpaired) electrons. The minimum Gasteiger partial charge on any atom is -0.475 e. The van der Waals surface area contributed by atoms with Crippen molar-refractivity contribution in [2.45, 2.75) is 56.8 Å². The molecule has 0 atom stereocenters. The second-order valence-corrected chi connectivity index (χ2v) is 7.80. The molecule has 1 N–H and O–H groups in total. The van der Waals surface area contributed by atoms with Crippen LogP contribution >= 0.6 is 0 Å². The van der Waals surface area contributed by atoms with E-state index in [1.54, 1.807) is 0 Å². The van der Waals surface area contributed by atoms with Crippen LogP contribution in [0.2, 0.25) is 0 Å². The highest BCUT2D eigenvalue weighted by Gasteiger charge is 2.51. The van der Waals surface area contributed by atoms with Gasteiger partial charge in [-0.2, -0.15) is 0 Å². The largest absolute Gasteiger partial charge is 0.475 e. The number of carbonyl (C=O) groups is 1. The first-order valence-electron chi connectivity index (χ1n) is 8.43. The molecule has 0 spiro atoms. The summed E-state index contributed by atoms with van der Waals surface area (Å²) in [7, 11) is 0. The third-order valence-corrected chi connectivity index (χ3v) is 6.34. The summed E-state index contributed by atoms with van der Waals surface area (Å²) < 4.78 is 5.79. The van der Waals surface area contributed by atoms with Crippen molar-refractivity contribution in [1.82, 2.24) is 4.98 Å². The van der Waals surface area contributed by atoms with Crippen molar-refractivity contribution in [2.24, 2.45) is 23.7 Å². The standard InChI is InChI=1S/C17H21NO3/c19-17(20)15-14(10-1-2-10)18-16(21-15)13-11-4-8-3-9(6-11)7-12(13)5-8/h8-13H,1-7H2,(H,19,20). The summed E-state index contributed by atoms with van der Waals surface area (Å²) in [6.45, 7) is 0. The molecule has 5 aliphatic carbocycles. The summed E-state index contributed by atoms with van der Waals surface area (Å²) in [4.78, 5) is 16.1. The Morgan fingerprint density at radius 2 is 1.67 bits per heavy atom. The van der Waals surface area contributed by atoms with Crippen molar-refractivity contribution in [3.8, 4) is 0 Å². The number of hydrogen-bond donors (Lipinski definition) is 1. The van der Waals surface area contributed by atoms with Gasteiger partial charge in [0.25, 0.3) is 0 Å². The van der Waals surface area contributed by atoms with Crippen LogP contribution in [0.25, 0.3) is 0 Å². The predicted octanol–water partition coefficient (Wildman–Crippen LogP) is 3.79. The average molecular weight is 287 g/mol. The van der Waals surface area contributed by atoms with E-state index in [1.165, 1.54) is 32.1 Å². The van der Waals surface area contributed by atoms with Crippen molar-refractivity contribution in [3.05, 3.63) is 17.3 Å².